The number of nitrogens with zero attached hydrogens (tertiary/aromatic N) is 2. The van der Waals surface area contributed by atoms with Crippen molar-refractivity contribution >= 4 is 35.3 Å². The molecule has 0 aliphatic heterocycles. The molecule has 0 radical (unpaired) electrons. The van der Waals surface area contributed by atoms with Crippen LogP contribution in [0.2, 0.25) is 10.3 Å². The molecule has 0 saturated heterocycles. The number of aldehydes is 1. The van der Waals surface area contributed by atoms with Crippen LogP contribution < -0.4 is 5.32 Å². The SMILES string of the molecule is O=Cc1ccc(NCc2ccc(Cl)nc2)nc1Cl. The monoisotopic (exact) mass is 281 g/mol. The number of pyridine rings is 2. The summed E-state index contributed by atoms with van der Waals surface area (Å²) in [5.74, 6) is 0.598. The Balaban J connectivity index is 2.04. The zero-order valence-corrected chi connectivity index (χ0v) is 10.7. The summed E-state index contributed by atoms with van der Waals surface area (Å²) in [5, 5.41) is 3.72. The number of nitrogens with one attached hydrogen (secondary N) is 1. The van der Waals surface area contributed by atoms with Crippen molar-refractivity contribution in [3.8, 4) is 0 Å². The molecule has 4 nitrogen and oxygen atoms in total. The molecule has 2 heterocycles. The van der Waals surface area contributed by atoms with Gasteiger partial charge in [0.1, 0.15) is 16.1 Å². The van der Waals surface area contributed by atoms with E-state index in [2.05, 4.69) is 15.3 Å². The van der Waals surface area contributed by atoms with E-state index in [1.807, 2.05) is 6.07 Å². The molecule has 0 bridgehead atoms. The lowest BCUT2D eigenvalue weighted by molar-refractivity contribution is 0.112. The number of halogens is 2. The van der Waals surface area contributed by atoms with E-state index in [4.69, 9.17) is 23.2 Å². The van der Waals surface area contributed by atoms with Crippen molar-refractivity contribution in [3.05, 3.63) is 51.9 Å². The van der Waals surface area contributed by atoms with Gasteiger partial charge in [0.05, 0.1) is 5.56 Å². The molecule has 18 heavy (non-hydrogen) atoms. The van der Waals surface area contributed by atoms with Crippen LogP contribution in [-0.4, -0.2) is 16.3 Å². The lowest BCUT2D eigenvalue weighted by Gasteiger charge is -2.06. The van der Waals surface area contributed by atoms with E-state index in [0.717, 1.165) is 5.56 Å². The third-order valence-corrected chi connectivity index (χ3v) is 2.79. The summed E-state index contributed by atoms with van der Waals surface area (Å²) in [7, 11) is 0. The standard InChI is InChI=1S/C12H9Cl2N3O/c13-10-3-1-8(5-15-10)6-16-11-4-2-9(7-18)12(14)17-11/h1-5,7H,6H2,(H,16,17). The molecule has 0 fully saturated rings. The number of carbonyl (C=O) groups excluding carboxylic acids is 1. The van der Waals surface area contributed by atoms with Crippen LogP contribution in [0.5, 0.6) is 0 Å². The molecule has 0 aromatic carbocycles. The summed E-state index contributed by atoms with van der Waals surface area (Å²) in [6.07, 6.45) is 2.35. The van der Waals surface area contributed by atoms with Crippen LogP contribution in [0, 0.1) is 0 Å². The first-order valence-electron chi connectivity index (χ1n) is 5.15. The highest BCUT2D eigenvalue weighted by molar-refractivity contribution is 6.31. The zero-order valence-electron chi connectivity index (χ0n) is 9.23. The van der Waals surface area contributed by atoms with E-state index in [1.165, 1.54) is 0 Å². The molecular formula is C12H9Cl2N3O. The minimum Gasteiger partial charge on any atom is -0.366 e. The highest BCUT2D eigenvalue weighted by atomic mass is 35.5. The Bertz CT molecular complexity index is 558. The minimum atomic E-state index is 0.184. The Morgan fingerprint density at radius 3 is 2.67 bits per heavy atom. The summed E-state index contributed by atoms with van der Waals surface area (Å²) < 4.78 is 0. The van der Waals surface area contributed by atoms with Gasteiger partial charge in [0.15, 0.2) is 6.29 Å². The van der Waals surface area contributed by atoms with Crippen molar-refractivity contribution in [2.24, 2.45) is 0 Å². The summed E-state index contributed by atoms with van der Waals surface area (Å²) in [4.78, 5) is 18.6. The second-order valence-corrected chi connectivity index (χ2v) is 4.28. The van der Waals surface area contributed by atoms with Gasteiger partial charge in [-0.25, -0.2) is 9.97 Å². The Kier molecular flexibility index (Phi) is 4.12. The van der Waals surface area contributed by atoms with Gasteiger partial charge >= 0.3 is 0 Å². The lowest BCUT2D eigenvalue weighted by atomic mass is 10.3. The van der Waals surface area contributed by atoms with E-state index < -0.39 is 0 Å². The molecule has 0 saturated carbocycles. The highest BCUT2D eigenvalue weighted by Crippen LogP contribution is 2.15. The first kappa shape index (κ1) is 12.8. The van der Waals surface area contributed by atoms with Gasteiger partial charge in [0, 0.05) is 12.7 Å². The Morgan fingerprint density at radius 1 is 1.22 bits per heavy atom. The molecule has 2 aromatic rings. The maximum atomic E-state index is 10.6. The van der Waals surface area contributed by atoms with Gasteiger partial charge < -0.3 is 5.32 Å². The lowest BCUT2D eigenvalue weighted by Crippen LogP contribution is -2.02. The predicted octanol–water partition coefficient (Wildman–Crippen LogP) is 3.21. The Labute approximate surface area is 114 Å². The second kappa shape index (κ2) is 5.80. The van der Waals surface area contributed by atoms with Gasteiger partial charge in [-0.2, -0.15) is 0 Å². The zero-order chi connectivity index (χ0) is 13.0. The first-order valence-corrected chi connectivity index (χ1v) is 5.90. The number of hydrogen-bond donors (Lipinski definition) is 1. The smallest absolute Gasteiger partial charge is 0.153 e. The van der Waals surface area contributed by atoms with Gasteiger partial charge in [0.2, 0.25) is 0 Å². The van der Waals surface area contributed by atoms with Gasteiger partial charge in [-0.3, -0.25) is 4.79 Å². The molecular weight excluding hydrogens is 273 g/mol. The van der Waals surface area contributed by atoms with Crippen LogP contribution in [0.25, 0.3) is 0 Å². The molecule has 0 unspecified atom stereocenters. The van der Waals surface area contributed by atoms with Crippen LogP contribution >= 0.6 is 23.2 Å². The van der Waals surface area contributed by atoms with Gasteiger partial charge in [-0.05, 0) is 23.8 Å². The second-order valence-electron chi connectivity index (χ2n) is 3.54. The molecule has 1 N–H and O–H groups in total. The third-order valence-electron chi connectivity index (χ3n) is 2.27. The Hall–Kier alpha value is -1.65. The molecule has 0 amide bonds. The number of rotatable bonds is 4. The predicted molar refractivity (Wildman–Crippen MR) is 71.2 cm³/mol. The van der Waals surface area contributed by atoms with Crippen LogP contribution in [0.4, 0.5) is 5.82 Å². The third kappa shape index (κ3) is 3.18. The van der Waals surface area contributed by atoms with Crippen LogP contribution in [0.15, 0.2) is 30.5 Å². The first-order chi connectivity index (χ1) is 8.69. The summed E-state index contributed by atoms with van der Waals surface area (Å²) >= 11 is 11.5. The van der Waals surface area contributed by atoms with Crippen molar-refractivity contribution in [2.75, 3.05) is 5.32 Å². The highest BCUT2D eigenvalue weighted by Gasteiger charge is 2.02. The van der Waals surface area contributed by atoms with E-state index in [0.29, 0.717) is 29.4 Å². The molecule has 2 rings (SSSR count). The number of anilines is 1. The molecule has 0 aliphatic carbocycles. The van der Waals surface area contributed by atoms with E-state index in [-0.39, 0.29) is 5.15 Å². The van der Waals surface area contributed by atoms with Crippen LogP contribution in [0.3, 0.4) is 0 Å². The Morgan fingerprint density at radius 2 is 2.06 bits per heavy atom. The fourth-order valence-corrected chi connectivity index (χ4v) is 1.65. The molecule has 0 aliphatic rings. The van der Waals surface area contributed by atoms with Crippen molar-refractivity contribution in [2.45, 2.75) is 6.54 Å². The molecule has 92 valence electrons. The fraction of sp³-hybridized carbons (Fsp3) is 0.0833. The van der Waals surface area contributed by atoms with Crippen LogP contribution in [0.1, 0.15) is 15.9 Å². The van der Waals surface area contributed by atoms with Crippen molar-refractivity contribution in [1.29, 1.82) is 0 Å². The van der Waals surface area contributed by atoms with Gasteiger partial charge in [0.25, 0.3) is 0 Å². The van der Waals surface area contributed by atoms with Crippen molar-refractivity contribution in [1.82, 2.24) is 9.97 Å². The van der Waals surface area contributed by atoms with E-state index in [9.17, 15) is 4.79 Å². The summed E-state index contributed by atoms with van der Waals surface area (Å²) in [6.45, 7) is 0.550. The van der Waals surface area contributed by atoms with E-state index >= 15 is 0 Å². The molecule has 2 aromatic heterocycles. The van der Waals surface area contributed by atoms with Crippen LogP contribution in [-0.2, 0) is 6.54 Å². The normalized spacial score (nSPS) is 10.1. The maximum Gasteiger partial charge on any atom is 0.153 e. The largest absolute Gasteiger partial charge is 0.366 e. The number of carbonyl (C=O) groups is 1. The summed E-state index contributed by atoms with van der Waals surface area (Å²) in [5.41, 5.74) is 1.34. The van der Waals surface area contributed by atoms with E-state index in [1.54, 1.807) is 24.4 Å². The van der Waals surface area contributed by atoms with Gasteiger partial charge in [-0.15, -0.1) is 0 Å². The fourth-order valence-electron chi connectivity index (χ4n) is 1.34. The molecule has 0 atom stereocenters. The van der Waals surface area contributed by atoms with Crippen molar-refractivity contribution < 1.29 is 4.79 Å². The average molecular weight is 282 g/mol. The number of aromatic nitrogens is 2. The summed E-state index contributed by atoms with van der Waals surface area (Å²) in [6, 6.07) is 6.89. The quantitative estimate of drug-likeness (QED) is 0.691. The van der Waals surface area contributed by atoms with Gasteiger partial charge in [-0.1, -0.05) is 29.3 Å². The minimum absolute atomic E-state index is 0.184. The topological polar surface area (TPSA) is 54.9 Å². The average Bonchev–Trinajstić information content (AvgIpc) is 2.38. The number of hydrogen-bond acceptors (Lipinski definition) is 4. The maximum absolute atomic E-state index is 10.6. The van der Waals surface area contributed by atoms with Crippen molar-refractivity contribution in [3.63, 3.8) is 0 Å². The molecule has 0 spiro atoms. The molecule has 6 heteroatoms.